The third-order valence-electron chi connectivity index (χ3n) is 2.37. The summed E-state index contributed by atoms with van der Waals surface area (Å²) in [6.45, 7) is 6.25. The summed E-state index contributed by atoms with van der Waals surface area (Å²) in [6.07, 6.45) is 1.10. The summed E-state index contributed by atoms with van der Waals surface area (Å²) < 4.78 is 5.11. The summed E-state index contributed by atoms with van der Waals surface area (Å²) in [7, 11) is 0. The molecule has 0 saturated heterocycles. The first-order valence-electron chi connectivity index (χ1n) is 5.55. The van der Waals surface area contributed by atoms with Crippen molar-refractivity contribution < 1.29 is 4.52 Å². The predicted molar refractivity (Wildman–Crippen MR) is 69.7 cm³/mol. The maximum atomic E-state index is 5.11. The third-order valence-corrected chi connectivity index (χ3v) is 2.37. The van der Waals surface area contributed by atoms with E-state index >= 15 is 0 Å². The lowest BCUT2D eigenvalue weighted by atomic mass is 10.0. The molecule has 3 heteroatoms. The first-order chi connectivity index (χ1) is 7.65. The SMILES string of the molecule is C.Cc1noc(-c2ccc(CC(C)C)cc2)n1. The molecule has 2 rings (SSSR count). The molecule has 92 valence electrons. The molecule has 0 N–H and O–H groups in total. The fraction of sp³-hybridized carbons (Fsp3) is 0.429. The molecule has 1 aromatic carbocycles. The summed E-state index contributed by atoms with van der Waals surface area (Å²) in [6, 6.07) is 8.30. The fourth-order valence-electron chi connectivity index (χ4n) is 1.67. The van der Waals surface area contributed by atoms with Crippen molar-refractivity contribution in [3.63, 3.8) is 0 Å². The minimum Gasteiger partial charge on any atom is -0.334 e. The molecule has 0 radical (unpaired) electrons. The molecule has 3 nitrogen and oxygen atoms in total. The van der Waals surface area contributed by atoms with Crippen molar-refractivity contribution in [1.82, 2.24) is 10.1 Å². The van der Waals surface area contributed by atoms with E-state index in [1.165, 1.54) is 5.56 Å². The monoisotopic (exact) mass is 232 g/mol. The van der Waals surface area contributed by atoms with Crippen LogP contribution in [0.5, 0.6) is 0 Å². The van der Waals surface area contributed by atoms with E-state index in [-0.39, 0.29) is 7.43 Å². The van der Waals surface area contributed by atoms with Crippen molar-refractivity contribution in [2.24, 2.45) is 5.92 Å². The van der Waals surface area contributed by atoms with Gasteiger partial charge in [0.05, 0.1) is 0 Å². The van der Waals surface area contributed by atoms with Crippen LogP contribution in [0.15, 0.2) is 28.8 Å². The lowest BCUT2D eigenvalue weighted by Gasteiger charge is -2.04. The molecular formula is C14H20N2O. The Kier molecular flexibility index (Phi) is 4.44. The van der Waals surface area contributed by atoms with E-state index < -0.39 is 0 Å². The Balaban J connectivity index is 0.00000144. The molecule has 1 heterocycles. The van der Waals surface area contributed by atoms with E-state index in [1.54, 1.807) is 0 Å². The van der Waals surface area contributed by atoms with Gasteiger partial charge in [-0.25, -0.2) is 0 Å². The topological polar surface area (TPSA) is 38.9 Å². The summed E-state index contributed by atoms with van der Waals surface area (Å²) in [5, 5.41) is 3.78. The van der Waals surface area contributed by atoms with E-state index in [4.69, 9.17) is 4.52 Å². The Morgan fingerprint density at radius 2 is 1.82 bits per heavy atom. The number of hydrogen-bond acceptors (Lipinski definition) is 3. The highest BCUT2D eigenvalue weighted by Gasteiger charge is 2.06. The molecule has 0 unspecified atom stereocenters. The highest BCUT2D eigenvalue weighted by molar-refractivity contribution is 5.53. The molecule has 0 atom stereocenters. The van der Waals surface area contributed by atoms with Crippen molar-refractivity contribution in [3.05, 3.63) is 35.7 Å². The Morgan fingerprint density at radius 1 is 1.18 bits per heavy atom. The maximum absolute atomic E-state index is 5.11. The Bertz CT molecular complexity index is 457. The molecule has 0 fully saturated rings. The molecular weight excluding hydrogens is 212 g/mol. The van der Waals surface area contributed by atoms with Gasteiger partial charge in [0.25, 0.3) is 5.89 Å². The van der Waals surface area contributed by atoms with Gasteiger partial charge in [0.15, 0.2) is 5.82 Å². The number of hydrogen-bond donors (Lipinski definition) is 0. The number of aromatic nitrogens is 2. The second-order valence-electron chi connectivity index (χ2n) is 4.44. The van der Waals surface area contributed by atoms with Gasteiger partial charge in [0.1, 0.15) is 0 Å². The highest BCUT2D eigenvalue weighted by Crippen LogP contribution is 2.18. The van der Waals surface area contributed by atoms with Gasteiger partial charge in [-0.05, 0) is 37.0 Å². The maximum Gasteiger partial charge on any atom is 0.257 e. The average Bonchev–Trinajstić information content (AvgIpc) is 2.65. The van der Waals surface area contributed by atoms with Crippen LogP contribution in [0.1, 0.15) is 32.7 Å². The van der Waals surface area contributed by atoms with Crippen LogP contribution in [0, 0.1) is 12.8 Å². The molecule has 0 spiro atoms. The molecule has 0 aliphatic carbocycles. The van der Waals surface area contributed by atoms with Crippen LogP contribution in [-0.2, 0) is 6.42 Å². The minimum atomic E-state index is 0. The second kappa shape index (κ2) is 5.62. The van der Waals surface area contributed by atoms with E-state index in [1.807, 2.05) is 19.1 Å². The summed E-state index contributed by atoms with van der Waals surface area (Å²) >= 11 is 0. The van der Waals surface area contributed by atoms with E-state index in [0.29, 0.717) is 17.6 Å². The second-order valence-corrected chi connectivity index (χ2v) is 4.44. The van der Waals surface area contributed by atoms with Gasteiger partial charge >= 0.3 is 0 Å². The van der Waals surface area contributed by atoms with Gasteiger partial charge in [-0.2, -0.15) is 4.98 Å². The molecule has 2 aromatic rings. The first-order valence-corrected chi connectivity index (χ1v) is 5.55. The van der Waals surface area contributed by atoms with Gasteiger partial charge in [-0.1, -0.05) is 38.6 Å². The number of aryl methyl sites for hydroxylation is 1. The summed E-state index contributed by atoms with van der Waals surface area (Å²) in [5.41, 5.74) is 2.32. The van der Waals surface area contributed by atoms with Gasteiger partial charge in [0, 0.05) is 5.56 Å². The molecule has 1 aromatic heterocycles. The fourth-order valence-corrected chi connectivity index (χ4v) is 1.67. The quantitative estimate of drug-likeness (QED) is 0.806. The number of nitrogens with zero attached hydrogens (tertiary/aromatic N) is 2. The molecule has 17 heavy (non-hydrogen) atoms. The van der Waals surface area contributed by atoms with E-state index in [2.05, 4.69) is 36.1 Å². The number of benzene rings is 1. The van der Waals surface area contributed by atoms with Crippen molar-refractivity contribution in [3.8, 4) is 11.5 Å². The zero-order valence-corrected chi connectivity index (χ0v) is 9.90. The van der Waals surface area contributed by atoms with E-state index in [0.717, 1.165) is 12.0 Å². The van der Waals surface area contributed by atoms with Gasteiger partial charge in [-0.15, -0.1) is 0 Å². The molecule has 0 aliphatic heterocycles. The largest absolute Gasteiger partial charge is 0.334 e. The average molecular weight is 232 g/mol. The van der Waals surface area contributed by atoms with Gasteiger partial charge in [0.2, 0.25) is 0 Å². The van der Waals surface area contributed by atoms with E-state index in [9.17, 15) is 0 Å². The minimum absolute atomic E-state index is 0. The normalized spacial score (nSPS) is 10.4. The van der Waals surface area contributed by atoms with Crippen molar-refractivity contribution in [2.75, 3.05) is 0 Å². The molecule has 0 saturated carbocycles. The van der Waals surface area contributed by atoms with Crippen LogP contribution in [-0.4, -0.2) is 10.1 Å². The zero-order chi connectivity index (χ0) is 11.5. The first kappa shape index (κ1) is 13.4. The van der Waals surface area contributed by atoms with Crippen molar-refractivity contribution in [2.45, 2.75) is 34.6 Å². The lowest BCUT2D eigenvalue weighted by molar-refractivity contribution is 0.425. The molecule has 0 amide bonds. The Morgan fingerprint density at radius 3 is 2.29 bits per heavy atom. The lowest BCUT2D eigenvalue weighted by Crippen LogP contribution is -1.93. The van der Waals surface area contributed by atoms with Crippen molar-refractivity contribution >= 4 is 0 Å². The number of rotatable bonds is 3. The highest BCUT2D eigenvalue weighted by atomic mass is 16.5. The third kappa shape index (κ3) is 3.41. The Labute approximate surface area is 103 Å². The summed E-state index contributed by atoms with van der Waals surface area (Å²) in [4.78, 5) is 4.19. The predicted octanol–water partition coefficient (Wildman–Crippen LogP) is 3.88. The van der Waals surface area contributed by atoms with Crippen LogP contribution >= 0.6 is 0 Å². The van der Waals surface area contributed by atoms with Crippen LogP contribution in [0.4, 0.5) is 0 Å². The molecule has 0 aliphatic rings. The smallest absolute Gasteiger partial charge is 0.257 e. The van der Waals surface area contributed by atoms with Crippen LogP contribution in [0.2, 0.25) is 0 Å². The van der Waals surface area contributed by atoms with Gasteiger partial charge in [-0.3, -0.25) is 0 Å². The Hall–Kier alpha value is -1.64. The standard InChI is InChI=1S/C13H16N2O.CH4/c1-9(2)8-11-4-6-12(7-5-11)13-14-10(3)15-16-13;/h4-7,9H,8H2,1-3H3;1H4. The molecule has 0 bridgehead atoms. The van der Waals surface area contributed by atoms with Crippen LogP contribution in [0.25, 0.3) is 11.5 Å². The van der Waals surface area contributed by atoms with Crippen molar-refractivity contribution in [1.29, 1.82) is 0 Å². The van der Waals surface area contributed by atoms with Crippen LogP contribution in [0.3, 0.4) is 0 Å². The van der Waals surface area contributed by atoms with Crippen LogP contribution < -0.4 is 0 Å². The summed E-state index contributed by atoms with van der Waals surface area (Å²) in [5.74, 6) is 1.94. The van der Waals surface area contributed by atoms with Gasteiger partial charge < -0.3 is 4.52 Å². The zero-order valence-electron chi connectivity index (χ0n) is 9.90.